The van der Waals surface area contributed by atoms with E-state index in [4.69, 9.17) is 10.5 Å². The van der Waals surface area contributed by atoms with Crippen molar-refractivity contribution in [2.45, 2.75) is 51.2 Å². The Morgan fingerprint density at radius 2 is 1.74 bits per heavy atom. The highest BCUT2D eigenvalue weighted by molar-refractivity contribution is 5.29. The zero-order chi connectivity index (χ0) is 22.3. The van der Waals surface area contributed by atoms with E-state index in [1.54, 1.807) is 0 Å². The van der Waals surface area contributed by atoms with Crippen molar-refractivity contribution in [3.8, 4) is 5.75 Å². The summed E-state index contributed by atoms with van der Waals surface area (Å²) < 4.78 is 44.4. The van der Waals surface area contributed by atoms with Gasteiger partial charge in [0.2, 0.25) is 0 Å². The zero-order valence-electron chi connectivity index (χ0n) is 18.2. The molecule has 0 aromatic heterocycles. The lowest BCUT2D eigenvalue weighted by Gasteiger charge is -2.39. The monoisotopic (exact) mass is 434 g/mol. The van der Waals surface area contributed by atoms with Crippen LogP contribution < -0.4 is 10.5 Å². The molecule has 1 aliphatic rings. The van der Waals surface area contributed by atoms with Crippen molar-refractivity contribution in [1.82, 2.24) is 4.90 Å². The lowest BCUT2D eigenvalue weighted by atomic mass is 9.80. The SMILES string of the molecule is CCCCCN1CCC(c2ccc(CN)cc2)C(COc2ccc(C(F)(F)F)cc2)C1. The van der Waals surface area contributed by atoms with Gasteiger partial charge < -0.3 is 15.4 Å². The van der Waals surface area contributed by atoms with Crippen LogP contribution in [0.4, 0.5) is 13.2 Å². The third-order valence-electron chi connectivity index (χ3n) is 6.19. The summed E-state index contributed by atoms with van der Waals surface area (Å²) in [4.78, 5) is 2.50. The molecule has 6 heteroatoms. The van der Waals surface area contributed by atoms with E-state index in [1.807, 2.05) is 0 Å². The van der Waals surface area contributed by atoms with Gasteiger partial charge >= 0.3 is 6.18 Å². The number of hydrogen-bond acceptors (Lipinski definition) is 3. The van der Waals surface area contributed by atoms with Crippen LogP contribution in [-0.2, 0) is 12.7 Å². The number of nitrogens with zero attached hydrogens (tertiary/aromatic N) is 1. The molecule has 0 aliphatic carbocycles. The van der Waals surface area contributed by atoms with Gasteiger partial charge in [0.15, 0.2) is 0 Å². The average molecular weight is 435 g/mol. The van der Waals surface area contributed by atoms with Crippen LogP contribution in [0.5, 0.6) is 5.75 Å². The van der Waals surface area contributed by atoms with Crippen molar-refractivity contribution < 1.29 is 17.9 Å². The van der Waals surface area contributed by atoms with E-state index in [0.29, 0.717) is 24.8 Å². The first-order valence-electron chi connectivity index (χ1n) is 11.2. The predicted molar refractivity (Wildman–Crippen MR) is 118 cm³/mol. The Morgan fingerprint density at radius 1 is 1.03 bits per heavy atom. The summed E-state index contributed by atoms with van der Waals surface area (Å²) in [7, 11) is 0. The highest BCUT2D eigenvalue weighted by Crippen LogP contribution is 2.35. The second-order valence-corrected chi connectivity index (χ2v) is 8.44. The van der Waals surface area contributed by atoms with Gasteiger partial charge in [-0.2, -0.15) is 13.2 Å². The molecule has 2 aromatic carbocycles. The second-order valence-electron chi connectivity index (χ2n) is 8.44. The quantitative estimate of drug-likeness (QED) is 0.504. The first-order valence-corrected chi connectivity index (χ1v) is 11.2. The molecule has 0 saturated carbocycles. The second kappa shape index (κ2) is 11.0. The number of ether oxygens (including phenoxy) is 1. The molecule has 2 N–H and O–H groups in total. The van der Waals surface area contributed by atoms with Crippen molar-refractivity contribution in [2.75, 3.05) is 26.2 Å². The van der Waals surface area contributed by atoms with Gasteiger partial charge in [0.25, 0.3) is 0 Å². The summed E-state index contributed by atoms with van der Waals surface area (Å²) in [5.41, 5.74) is 7.47. The molecule has 2 aromatic rings. The molecule has 31 heavy (non-hydrogen) atoms. The fourth-order valence-corrected chi connectivity index (χ4v) is 4.35. The molecule has 1 heterocycles. The number of alkyl halides is 3. The van der Waals surface area contributed by atoms with E-state index in [-0.39, 0.29) is 5.92 Å². The summed E-state index contributed by atoms with van der Waals surface area (Å²) in [6, 6.07) is 13.5. The van der Waals surface area contributed by atoms with E-state index in [1.165, 1.54) is 37.0 Å². The number of hydrogen-bond donors (Lipinski definition) is 1. The molecule has 0 bridgehead atoms. The van der Waals surface area contributed by atoms with Gasteiger partial charge in [-0.05, 0) is 67.2 Å². The highest BCUT2D eigenvalue weighted by atomic mass is 19.4. The fourth-order valence-electron chi connectivity index (χ4n) is 4.35. The maximum atomic E-state index is 12.8. The summed E-state index contributed by atoms with van der Waals surface area (Å²) in [5.74, 6) is 1.12. The number of likely N-dealkylation sites (tertiary alicyclic amines) is 1. The lowest BCUT2D eigenvalue weighted by molar-refractivity contribution is -0.137. The molecule has 0 amide bonds. The maximum absolute atomic E-state index is 12.8. The Balaban J connectivity index is 1.68. The minimum atomic E-state index is -4.33. The fraction of sp³-hybridized carbons (Fsp3) is 0.520. The van der Waals surface area contributed by atoms with Crippen LogP contribution in [0.2, 0.25) is 0 Å². The number of halogens is 3. The Hall–Kier alpha value is -2.05. The molecule has 1 saturated heterocycles. The third-order valence-corrected chi connectivity index (χ3v) is 6.19. The van der Waals surface area contributed by atoms with Crippen LogP contribution in [-0.4, -0.2) is 31.1 Å². The Labute approximate surface area is 183 Å². The van der Waals surface area contributed by atoms with Crippen molar-refractivity contribution in [3.05, 3.63) is 65.2 Å². The van der Waals surface area contributed by atoms with Crippen molar-refractivity contribution in [2.24, 2.45) is 11.7 Å². The molecule has 2 unspecified atom stereocenters. The molecule has 170 valence electrons. The Bertz CT molecular complexity index is 790. The average Bonchev–Trinajstić information content (AvgIpc) is 2.78. The van der Waals surface area contributed by atoms with Gasteiger partial charge in [0.05, 0.1) is 12.2 Å². The van der Waals surface area contributed by atoms with Crippen LogP contribution in [0.1, 0.15) is 55.2 Å². The van der Waals surface area contributed by atoms with Gasteiger partial charge in [0.1, 0.15) is 5.75 Å². The maximum Gasteiger partial charge on any atom is 0.416 e. The molecule has 1 aliphatic heterocycles. The lowest BCUT2D eigenvalue weighted by Crippen LogP contribution is -2.42. The summed E-state index contributed by atoms with van der Waals surface area (Å²) in [5, 5.41) is 0. The highest BCUT2D eigenvalue weighted by Gasteiger charge is 2.32. The molecular weight excluding hydrogens is 401 g/mol. The van der Waals surface area contributed by atoms with E-state index >= 15 is 0 Å². The first-order chi connectivity index (χ1) is 14.9. The summed E-state index contributed by atoms with van der Waals surface area (Å²) in [6.45, 7) is 6.30. The van der Waals surface area contributed by atoms with E-state index < -0.39 is 11.7 Å². The number of nitrogens with two attached hydrogens (primary N) is 1. The number of piperidine rings is 1. The summed E-state index contributed by atoms with van der Waals surface area (Å²) >= 11 is 0. The van der Waals surface area contributed by atoms with Crippen LogP contribution >= 0.6 is 0 Å². The van der Waals surface area contributed by atoms with Gasteiger partial charge in [0, 0.05) is 19.0 Å². The number of rotatable bonds is 9. The van der Waals surface area contributed by atoms with Gasteiger partial charge in [-0.15, -0.1) is 0 Å². The van der Waals surface area contributed by atoms with Crippen LogP contribution in [0.3, 0.4) is 0 Å². The molecule has 2 atom stereocenters. The largest absolute Gasteiger partial charge is 0.493 e. The standard InChI is InChI=1S/C25H33F3N2O/c1-2-3-4-14-30-15-13-24(20-7-5-19(16-29)6-8-20)21(17-30)18-31-23-11-9-22(10-12-23)25(26,27)28/h5-12,21,24H,2-4,13-18,29H2,1H3. The minimum Gasteiger partial charge on any atom is -0.493 e. The third kappa shape index (κ3) is 6.71. The van der Waals surface area contributed by atoms with E-state index in [2.05, 4.69) is 36.1 Å². The molecule has 0 spiro atoms. The van der Waals surface area contributed by atoms with Crippen molar-refractivity contribution in [3.63, 3.8) is 0 Å². The smallest absolute Gasteiger partial charge is 0.416 e. The molecule has 0 radical (unpaired) electrons. The topological polar surface area (TPSA) is 38.5 Å². The van der Waals surface area contributed by atoms with Crippen molar-refractivity contribution >= 4 is 0 Å². The first kappa shape index (κ1) is 23.6. The summed E-state index contributed by atoms with van der Waals surface area (Å²) in [6.07, 6.45) is 0.341. The normalized spacial score (nSPS) is 20.0. The Morgan fingerprint density at radius 3 is 2.35 bits per heavy atom. The van der Waals surface area contributed by atoms with Crippen molar-refractivity contribution in [1.29, 1.82) is 0 Å². The number of unbranched alkanes of at least 4 members (excludes halogenated alkanes) is 2. The van der Waals surface area contributed by atoms with Gasteiger partial charge in [-0.3, -0.25) is 0 Å². The van der Waals surface area contributed by atoms with Crippen LogP contribution in [0, 0.1) is 5.92 Å². The zero-order valence-corrected chi connectivity index (χ0v) is 18.2. The van der Waals surface area contributed by atoms with E-state index in [0.717, 1.165) is 43.8 Å². The van der Waals surface area contributed by atoms with Gasteiger partial charge in [-0.25, -0.2) is 0 Å². The van der Waals surface area contributed by atoms with Crippen LogP contribution in [0.25, 0.3) is 0 Å². The molecule has 3 rings (SSSR count). The number of benzene rings is 2. The molecule has 3 nitrogen and oxygen atoms in total. The van der Waals surface area contributed by atoms with Crippen LogP contribution in [0.15, 0.2) is 48.5 Å². The minimum absolute atomic E-state index is 0.279. The molecule has 1 fully saturated rings. The van der Waals surface area contributed by atoms with E-state index in [9.17, 15) is 13.2 Å². The predicted octanol–water partition coefficient (Wildman–Crippen LogP) is 5.84. The van der Waals surface area contributed by atoms with Gasteiger partial charge in [-0.1, -0.05) is 44.0 Å². The molecular formula is C25H33F3N2O. The Kier molecular flexibility index (Phi) is 8.38.